The SMILES string of the molecule is CC1CC2(CCN1Cc1ccc3c(c1)Nc1nccnc1S3)CC(CC(=O)[O-])C2.[Na+]. The van der Waals surface area contributed by atoms with E-state index in [0.717, 1.165) is 42.5 Å². The smallest absolute Gasteiger partial charge is 0.550 e. The standard InChI is InChI=1S/C22H26N4O2S.Na/c1-14-10-22(11-16(12-22)9-19(27)28)4-7-26(14)13-15-2-3-18-17(8-15)25-20-21(29-18)24-6-5-23-20;/h2-3,5-6,8,14,16H,4,7,9-13H2,1H3,(H,23,25)(H,27,28);/q;+1/p-1. The van der Waals surface area contributed by atoms with Gasteiger partial charge in [-0.25, -0.2) is 9.97 Å². The van der Waals surface area contributed by atoms with E-state index < -0.39 is 5.97 Å². The van der Waals surface area contributed by atoms with Crippen molar-refractivity contribution in [2.75, 3.05) is 11.9 Å². The Balaban J connectivity index is 0.00000218. The number of piperidine rings is 1. The topological polar surface area (TPSA) is 81.2 Å². The number of anilines is 2. The zero-order valence-electron chi connectivity index (χ0n) is 17.6. The summed E-state index contributed by atoms with van der Waals surface area (Å²) in [5.74, 6) is 0.253. The second-order valence-corrected chi connectivity index (χ2v) is 9.92. The van der Waals surface area contributed by atoms with Crippen LogP contribution in [0.2, 0.25) is 0 Å². The molecule has 3 heterocycles. The first-order chi connectivity index (χ1) is 14.0. The Bertz CT molecular complexity index is 950. The number of hydrogen-bond acceptors (Lipinski definition) is 7. The van der Waals surface area contributed by atoms with Crippen LogP contribution in [0.4, 0.5) is 11.5 Å². The van der Waals surface area contributed by atoms with Gasteiger partial charge in [0.15, 0.2) is 5.82 Å². The van der Waals surface area contributed by atoms with Gasteiger partial charge < -0.3 is 15.2 Å². The van der Waals surface area contributed by atoms with E-state index in [0.29, 0.717) is 17.4 Å². The van der Waals surface area contributed by atoms with Crippen molar-refractivity contribution in [3.63, 3.8) is 0 Å². The van der Waals surface area contributed by atoms with Gasteiger partial charge in [-0.15, -0.1) is 0 Å². The predicted octanol–water partition coefficient (Wildman–Crippen LogP) is 0.210. The zero-order valence-corrected chi connectivity index (χ0v) is 20.4. The van der Waals surface area contributed by atoms with E-state index >= 15 is 0 Å². The second-order valence-electron chi connectivity index (χ2n) is 8.89. The molecule has 1 aromatic carbocycles. The minimum atomic E-state index is -0.900. The molecular weight excluding hydrogens is 407 g/mol. The number of nitrogens with zero attached hydrogens (tertiary/aromatic N) is 3. The number of carboxylic acid groups (broad SMARTS) is 1. The number of aromatic nitrogens is 2. The Labute approximate surface area is 203 Å². The third-order valence-electron chi connectivity index (χ3n) is 6.73. The first kappa shape index (κ1) is 22.1. The number of carboxylic acids is 1. The molecule has 1 spiro atoms. The number of carbonyl (C=O) groups is 1. The van der Waals surface area contributed by atoms with E-state index in [1.807, 2.05) is 0 Å². The van der Waals surface area contributed by atoms with E-state index in [1.165, 1.54) is 23.3 Å². The van der Waals surface area contributed by atoms with Crippen molar-refractivity contribution in [3.8, 4) is 0 Å². The summed E-state index contributed by atoms with van der Waals surface area (Å²) in [6.07, 6.45) is 8.11. The van der Waals surface area contributed by atoms with Gasteiger partial charge in [0.05, 0.1) is 5.69 Å². The first-order valence-electron chi connectivity index (χ1n) is 10.3. The summed E-state index contributed by atoms with van der Waals surface area (Å²) in [5.41, 5.74) is 2.77. The molecule has 2 aromatic rings. The van der Waals surface area contributed by atoms with Crippen molar-refractivity contribution in [2.24, 2.45) is 11.3 Å². The van der Waals surface area contributed by atoms with Gasteiger partial charge in [0.2, 0.25) is 0 Å². The van der Waals surface area contributed by atoms with E-state index in [9.17, 15) is 9.90 Å². The third-order valence-corrected chi connectivity index (χ3v) is 7.80. The molecule has 1 unspecified atom stereocenters. The number of rotatable bonds is 4. The minimum Gasteiger partial charge on any atom is -0.550 e. The fourth-order valence-corrected chi connectivity index (χ4v) is 6.30. The van der Waals surface area contributed by atoms with Crippen LogP contribution in [0.25, 0.3) is 0 Å². The molecule has 1 saturated carbocycles. The van der Waals surface area contributed by atoms with Crippen LogP contribution < -0.4 is 40.0 Å². The maximum absolute atomic E-state index is 10.8. The fraction of sp³-hybridized carbons (Fsp3) is 0.500. The summed E-state index contributed by atoms with van der Waals surface area (Å²) >= 11 is 1.66. The van der Waals surface area contributed by atoms with Crippen LogP contribution in [0.3, 0.4) is 0 Å². The molecule has 1 aliphatic carbocycles. The van der Waals surface area contributed by atoms with Crippen molar-refractivity contribution in [3.05, 3.63) is 36.2 Å². The maximum Gasteiger partial charge on any atom is 1.00 e. The van der Waals surface area contributed by atoms with Crippen molar-refractivity contribution in [2.45, 2.75) is 61.5 Å². The van der Waals surface area contributed by atoms with Crippen molar-refractivity contribution in [1.82, 2.24) is 14.9 Å². The van der Waals surface area contributed by atoms with E-state index in [2.05, 4.69) is 45.3 Å². The molecule has 0 radical (unpaired) electrons. The first-order valence-corrected chi connectivity index (χ1v) is 11.1. The molecule has 2 aliphatic heterocycles. The number of benzene rings is 1. The molecule has 0 bridgehead atoms. The predicted molar refractivity (Wildman–Crippen MR) is 110 cm³/mol. The summed E-state index contributed by atoms with van der Waals surface area (Å²) in [5, 5.41) is 15.2. The molecule has 5 rings (SSSR count). The van der Waals surface area contributed by atoms with Crippen LogP contribution in [0.15, 0.2) is 40.5 Å². The molecule has 152 valence electrons. The largest absolute Gasteiger partial charge is 1.00 e. The van der Waals surface area contributed by atoms with Gasteiger partial charge in [-0.2, -0.15) is 0 Å². The minimum absolute atomic E-state index is 0. The summed E-state index contributed by atoms with van der Waals surface area (Å²) in [6, 6.07) is 7.13. The maximum atomic E-state index is 10.8. The van der Waals surface area contributed by atoms with Crippen LogP contribution in [0.5, 0.6) is 0 Å². The number of hydrogen-bond donors (Lipinski definition) is 1. The van der Waals surface area contributed by atoms with Gasteiger partial charge in [-0.05, 0) is 74.6 Å². The van der Waals surface area contributed by atoms with E-state index in [1.54, 1.807) is 24.2 Å². The third kappa shape index (κ3) is 4.41. The van der Waals surface area contributed by atoms with Crippen molar-refractivity contribution < 1.29 is 39.5 Å². The Morgan fingerprint density at radius 1 is 1.30 bits per heavy atom. The number of fused-ring (bicyclic) bond motifs is 2. The van der Waals surface area contributed by atoms with Crippen LogP contribution in [0, 0.1) is 11.3 Å². The van der Waals surface area contributed by atoms with Crippen LogP contribution in [0.1, 0.15) is 44.6 Å². The summed E-state index contributed by atoms with van der Waals surface area (Å²) in [6.45, 7) is 4.32. The second kappa shape index (κ2) is 8.79. The number of likely N-dealkylation sites (tertiary alicyclic amines) is 1. The zero-order chi connectivity index (χ0) is 20.0. The summed E-state index contributed by atoms with van der Waals surface area (Å²) in [7, 11) is 0. The van der Waals surface area contributed by atoms with Gasteiger partial charge in [0, 0.05) is 35.8 Å². The van der Waals surface area contributed by atoms with E-state index in [-0.39, 0.29) is 36.0 Å². The molecule has 1 saturated heterocycles. The molecule has 30 heavy (non-hydrogen) atoms. The molecule has 8 heteroatoms. The molecule has 3 aliphatic rings. The molecule has 2 fully saturated rings. The fourth-order valence-electron chi connectivity index (χ4n) is 5.42. The number of carbonyl (C=O) groups excluding carboxylic acids is 1. The van der Waals surface area contributed by atoms with Crippen molar-refractivity contribution >= 4 is 29.2 Å². The number of nitrogens with one attached hydrogen (secondary N) is 1. The monoisotopic (exact) mass is 432 g/mol. The quantitative estimate of drug-likeness (QED) is 0.591. The van der Waals surface area contributed by atoms with Crippen LogP contribution >= 0.6 is 11.8 Å². The van der Waals surface area contributed by atoms with Gasteiger partial charge in [-0.1, -0.05) is 17.8 Å². The van der Waals surface area contributed by atoms with Crippen LogP contribution in [-0.4, -0.2) is 33.4 Å². The van der Waals surface area contributed by atoms with Crippen LogP contribution in [-0.2, 0) is 11.3 Å². The average molecular weight is 433 g/mol. The molecule has 1 N–H and O–H groups in total. The average Bonchev–Trinajstić information content (AvgIpc) is 2.67. The summed E-state index contributed by atoms with van der Waals surface area (Å²) < 4.78 is 0. The summed E-state index contributed by atoms with van der Waals surface area (Å²) in [4.78, 5) is 23.3. The Kier molecular flexibility index (Phi) is 6.47. The van der Waals surface area contributed by atoms with Crippen molar-refractivity contribution in [1.29, 1.82) is 0 Å². The molecule has 1 atom stereocenters. The Hall–Kier alpha value is -1.12. The normalized spacial score (nSPS) is 27.2. The molecule has 0 amide bonds. The molecule has 1 aromatic heterocycles. The Morgan fingerprint density at radius 3 is 2.87 bits per heavy atom. The van der Waals surface area contributed by atoms with Gasteiger partial charge >= 0.3 is 29.6 Å². The van der Waals surface area contributed by atoms with Gasteiger partial charge in [0.25, 0.3) is 0 Å². The number of aliphatic carboxylic acids is 1. The molecule has 6 nitrogen and oxygen atoms in total. The van der Waals surface area contributed by atoms with Gasteiger partial charge in [0.1, 0.15) is 5.03 Å². The van der Waals surface area contributed by atoms with Gasteiger partial charge in [-0.3, -0.25) is 4.90 Å². The molecular formula is C22H25N4NaO2S. The Morgan fingerprint density at radius 2 is 2.10 bits per heavy atom. The van der Waals surface area contributed by atoms with E-state index in [4.69, 9.17) is 0 Å².